The summed E-state index contributed by atoms with van der Waals surface area (Å²) in [6.45, 7) is 8.06. The smallest absolute Gasteiger partial charge is 0.0524 e. The molecule has 0 radical (unpaired) electrons. The monoisotopic (exact) mass is 235 g/mol. The van der Waals surface area contributed by atoms with Crippen LogP contribution in [-0.4, -0.2) is 17.8 Å². The SMILES string of the molecule is CC(C)Cc1ccc(CNCCC(C)O)cc1. The van der Waals surface area contributed by atoms with Gasteiger partial charge in [0.05, 0.1) is 6.10 Å². The Bertz CT molecular complexity index is 303. The topological polar surface area (TPSA) is 32.3 Å². The highest BCUT2D eigenvalue weighted by atomic mass is 16.3. The molecule has 0 saturated heterocycles. The second-order valence-corrected chi connectivity index (χ2v) is 5.23. The third-order valence-corrected chi connectivity index (χ3v) is 2.73. The summed E-state index contributed by atoms with van der Waals surface area (Å²) >= 11 is 0. The van der Waals surface area contributed by atoms with Crippen molar-refractivity contribution in [3.63, 3.8) is 0 Å². The Morgan fingerprint density at radius 3 is 2.18 bits per heavy atom. The molecule has 17 heavy (non-hydrogen) atoms. The van der Waals surface area contributed by atoms with Crippen molar-refractivity contribution in [1.29, 1.82) is 0 Å². The summed E-state index contributed by atoms with van der Waals surface area (Å²) < 4.78 is 0. The molecule has 0 aliphatic carbocycles. The minimum absolute atomic E-state index is 0.212. The number of hydrogen-bond acceptors (Lipinski definition) is 2. The van der Waals surface area contributed by atoms with Gasteiger partial charge < -0.3 is 10.4 Å². The van der Waals surface area contributed by atoms with Crippen molar-refractivity contribution < 1.29 is 5.11 Å². The van der Waals surface area contributed by atoms with Crippen LogP contribution in [0, 0.1) is 5.92 Å². The Hall–Kier alpha value is -0.860. The van der Waals surface area contributed by atoms with Crippen LogP contribution in [0.2, 0.25) is 0 Å². The van der Waals surface area contributed by atoms with Crippen molar-refractivity contribution in [3.05, 3.63) is 35.4 Å². The standard InChI is InChI=1S/C15H25NO/c1-12(2)10-14-4-6-15(7-5-14)11-16-9-8-13(3)17/h4-7,12-13,16-17H,8-11H2,1-3H3. The largest absolute Gasteiger partial charge is 0.393 e. The first-order chi connectivity index (χ1) is 8.08. The molecule has 1 rings (SSSR count). The summed E-state index contributed by atoms with van der Waals surface area (Å²) in [7, 11) is 0. The average Bonchev–Trinajstić information content (AvgIpc) is 2.25. The Morgan fingerprint density at radius 2 is 1.65 bits per heavy atom. The van der Waals surface area contributed by atoms with Crippen LogP contribution in [0.3, 0.4) is 0 Å². The zero-order valence-electron chi connectivity index (χ0n) is 11.2. The Kier molecular flexibility index (Phi) is 6.23. The van der Waals surface area contributed by atoms with Gasteiger partial charge in [-0.15, -0.1) is 0 Å². The number of benzene rings is 1. The van der Waals surface area contributed by atoms with E-state index in [9.17, 15) is 0 Å². The van der Waals surface area contributed by atoms with E-state index >= 15 is 0 Å². The molecule has 1 aromatic rings. The van der Waals surface area contributed by atoms with Crippen molar-refractivity contribution in [1.82, 2.24) is 5.32 Å². The summed E-state index contributed by atoms with van der Waals surface area (Å²) in [5.74, 6) is 0.713. The van der Waals surface area contributed by atoms with E-state index in [2.05, 4.69) is 43.4 Å². The van der Waals surface area contributed by atoms with E-state index in [0.29, 0.717) is 5.92 Å². The minimum Gasteiger partial charge on any atom is -0.393 e. The fourth-order valence-electron chi connectivity index (χ4n) is 1.81. The quantitative estimate of drug-likeness (QED) is 0.712. The summed E-state index contributed by atoms with van der Waals surface area (Å²) in [4.78, 5) is 0. The van der Waals surface area contributed by atoms with E-state index in [1.54, 1.807) is 0 Å². The third kappa shape index (κ3) is 6.44. The van der Waals surface area contributed by atoms with E-state index in [-0.39, 0.29) is 6.10 Å². The maximum atomic E-state index is 9.13. The first kappa shape index (κ1) is 14.2. The Labute approximate surface area is 105 Å². The van der Waals surface area contributed by atoms with Gasteiger partial charge in [0.15, 0.2) is 0 Å². The highest BCUT2D eigenvalue weighted by Gasteiger charge is 1.99. The minimum atomic E-state index is -0.212. The van der Waals surface area contributed by atoms with Gasteiger partial charge in [0.1, 0.15) is 0 Å². The van der Waals surface area contributed by atoms with Crippen molar-refractivity contribution in [2.45, 2.75) is 46.3 Å². The number of hydrogen-bond donors (Lipinski definition) is 2. The van der Waals surface area contributed by atoms with Crippen molar-refractivity contribution in [3.8, 4) is 0 Å². The molecule has 0 aliphatic heterocycles. The van der Waals surface area contributed by atoms with Gasteiger partial charge in [-0.1, -0.05) is 38.1 Å². The van der Waals surface area contributed by atoms with Crippen LogP contribution in [-0.2, 0) is 13.0 Å². The second kappa shape index (κ2) is 7.46. The van der Waals surface area contributed by atoms with E-state index < -0.39 is 0 Å². The van der Waals surface area contributed by atoms with E-state index in [0.717, 1.165) is 25.9 Å². The van der Waals surface area contributed by atoms with Crippen LogP contribution in [0.25, 0.3) is 0 Å². The predicted molar refractivity (Wildman–Crippen MR) is 73.0 cm³/mol. The molecule has 96 valence electrons. The average molecular weight is 235 g/mol. The fraction of sp³-hybridized carbons (Fsp3) is 0.600. The number of rotatable bonds is 7. The second-order valence-electron chi connectivity index (χ2n) is 5.23. The van der Waals surface area contributed by atoms with Gasteiger partial charge >= 0.3 is 0 Å². The van der Waals surface area contributed by atoms with Gasteiger partial charge in [0.2, 0.25) is 0 Å². The molecule has 0 fully saturated rings. The molecular weight excluding hydrogens is 210 g/mol. The van der Waals surface area contributed by atoms with Crippen molar-refractivity contribution in [2.75, 3.05) is 6.54 Å². The summed E-state index contributed by atoms with van der Waals surface area (Å²) in [6, 6.07) is 8.80. The maximum Gasteiger partial charge on any atom is 0.0524 e. The van der Waals surface area contributed by atoms with E-state index in [1.807, 2.05) is 6.92 Å². The van der Waals surface area contributed by atoms with E-state index in [1.165, 1.54) is 11.1 Å². The van der Waals surface area contributed by atoms with Gasteiger partial charge in [0.25, 0.3) is 0 Å². The van der Waals surface area contributed by atoms with Crippen LogP contribution >= 0.6 is 0 Å². The number of aliphatic hydroxyl groups is 1. The summed E-state index contributed by atoms with van der Waals surface area (Å²) in [5.41, 5.74) is 2.72. The summed E-state index contributed by atoms with van der Waals surface area (Å²) in [5, 5.41) is 12.5. The van der Waals surface area contributed by atoms with Gasteiger partial charge in [-0.05, 0) is 43.4 Å². The van der Waals surface area contributed by atoms with Crippen LogP contribution in [0.1, 0.15) is 38.3 Å². The lowest BCUT2D eigenvalue weighted by Gasteiger charge is -2.08. The number of aliphatic hydroxyl groups excluding tert-OH is 1. The zero-order valence-corrected chi connectivity index (χ0v) is 11.2. The number of nitrogens with one attached hydrogen (secondary N) is 1. The zero-order chi connectivity index (χ0) is 12.7. The lowest BCUT2D eigenvalue weighted by Crippen LogP contribution is -2.18. The molecule has 2 heteroatoms. The molecule has 1 unspecified atom stereocenters. The van der Waals surface area contributed by atoms with Crippen molar-refractivity contribution >= 4 is 0 Å². The Morgan fingerprint density at radius 1 is 1.06 bits per heavy atom. The molecule has 2 nitrogen and oxygen atoms in total. The molecule has 0 bridgehead atoms. The van der Waals surface area contributed by atoms with E-state index in [4.69, 9.17) is 5.11 Å². The van der Waals surface area contributed by atoms with Gasteiger partial charge in [-0.2, -0.15) is 0 Å². The molecule has 0 heterocycles. The molecule has 0 aromatic heterocycles. The van der Waals surface area contributed by atoms with Crippen LogP contribution in [0.15, 0.2) is 24.3 Å². The first-order valence-electron chi connectivity index (χ1n) is 6.54. The highest BCUT2D eigenvalue weighted by Crippen LogP contribution is 2.09. The molecule has 0 saturated carbocycles. The molecule has 0 aliphatic rings. The van der Waals surface area contributed by atoms with Gasteiger partial charge in [-0.3, -0.25) is 0 Å². The molecule has 0 amide bonds. The third-order valence-electron chi connectivity index (χ3n) is 2.73. The van der Waals surface area contributed by atoms with Crippen LogP contribution in [0.4, 0.5) is 0 Å². The van der Waals surface area contributed by atoms with Crippen LogP contribution < -0.4 is 5.32 Å². The first-order valence-corrected chi connectivity index (χ1v) is 6.54. The fourth-order valence-corrected chi connectivity index (χ4v) is 1.81. The molecule has 1 atom stereocenters. The normalized spacial score (nSPS) is 13.0. The van der Waals surface area contributed by atoms with Crippen molar-refractivity contribution in [2.24, 2.45) is 5.92 Å². The molecule has 0 spiro atoms. The molecular formula is C15H25NO. The maximum absolute atomic E-state index is 9.13. The Balaban J connectivity index is 2.30. The van der Waals surface area contributed by atoms with Gasteiger partial charge in [0, 0.05) is 6.54 Å². The lowest BCUT2D eigenvalue weighted by atomic mass is 10.0. The van der Waals surface area contributed by atoms with Crippen LogP contribution in [0.5, 0.6) is 0 Å². The van der Waals surface area contributed by atoms with Gasteiger partial charge in [-0.25, -0.2) is 0 Å². The highest BCUT2D eigenvalue weighted by molar-refractivity contribution is 5.22. The lowest BCUT2D eigenvalue weighted by molar-refractivity contribution is 0.183. The molecule has 2 N–H and O–H groups in total. The summed E-state index contributed by atoms with van der Waals surface area (Å²) in [6.07, 6.45) is 1.75. The predicted octanol–water partition coefficient (Wildman–Crippen LogP) is 2.75. The molecule has 1 aromatic carbocycles.